The van der Waals surface area contributed by atoms with Gasteiger partial charge < -0.3 is 14.6 Å². The van der Waals surface area contributed by atoms with Crippen molar-refractivity contribution in [3.8, 4) is 11.5 Å². The van der Waals surface area contributed by atoms with E-state index in [1.807, 2.05) is 18.2 Å². The zero-order valence-electron chi connectivity index (χ0n) is 10.1. The minimum absolute atomic E-state index is 0.253. The topological polar surface area (TPSA) is 55.8 Å². The van der Waals surface area contributed by atoms with Crippen molar-refractivity contribution in [2.45, 2.75) is 32.1 Å². The third-order valence-corrected chi connectivity index (χ3v) is 3.99. The van der Waals surface area contributed by atoms with Crippen LogP contribution in [0.3, 0.4) is 0 Å². The summed E-state index contributed by atoms with van der Waals surface area (Å²) >= 11 is 0. The van der Waals surface area contributed by atoms with Crippen molar-refractivity contribution in [3.63, 3.8) is 0 Å². The molecule has 0 amide bonds. The van der Waals surface area contributed by atoms with Gasteiger partial charge in [-0.25, -0.2) is 0 Å². The SMILES string of the molecule is O=C(O)C1(Cc2ccc3c(c2)OCO3)CCCC1. The van der Waals surface area contributed by atoms with Gasteiger partial charge in [0.1, 0.15) is 0 Å². The van der Waals surface area contributed by atoms with Crippen LogP contribution >= 0.6 is 0 Å². The first-order valence-corrected chi connectivity index (χ1v) is 6.32. The molecule has 1 fully saturated rings. The number of carboxylic acid groups (broad SMARTS) is 1. The zero-order valence-corrected chi connectivity index (χ0v) is 10.1. The molecule has 3 rings (SSSR count). The normalized spacial score (nSPS) is 20.0. The molecule has 1 aliphatic heterocycles. The highest BCUT2D eigenvalue weighted by Crippen LogP contribution is 2.42. The Hall–Kier alpha value is -1.71. The Morgan fingerprint density at radius 3 is 2.67 bits per heavy atom. The molecule has 4 nitrogen and oxygen atoms in total. The van der Waals surface area contributed by atoms with Gasteiger partial charge in [-0.05, 0) is 37.0 Å². The predicted molar refractivity (Wildman–Crippen MR) is 64.8 cm³/mol. The molecule has 1 saturated carbocycles. The Labute approximate surface area is 106 Å². The van der Waals surface area contributed by atoms with Gasteiger partial charge in [0.15, 0.2) is 11.5 Å². The Bertz CT molecular complexity index is 475. The molecule has 2 aliphatic rings. The molecule has 0 bridgehead atoms. The minimum Gasteiger partial charge on any atom is -0.481 e. The lowest BCUT2D eigenvalue weighted by molar-refractivity contribution is -0.148. The number of fused-ring (bicyclic) bond motifs is 1. The lowest BCUT2D eigenvalue weighted by atomic mass is 9.80. The van der Waals surface area contributed by atoms with Gasteiger partial charge in [0.05, 0.1) is 5.41 Å². The minimum atomic E-state index is -0.669. The van der Waals surface area contributed by atoms with Gasteiger partial charge in [0.2, 0.25) is 6.79 Å². The third-order valence-electron chi connectivity index (χ3n) is 3.99. The Kier molecular flexibility index (Phi) is 2.65. The Balaban J connectivity index is 1.85. The second-order valence-electron chi connectivity index (χ2n) is 5.16. The summed E-state index contributed by atoms with van der Waals surface area (Å²) in [4.78, 5) is 11.5. The molecule has 0 spiro atoms. The van der Waals surface area contributed by atoms with Gasteiger partial charge in [0.25, 0.3) is 0 Å². The molecule has 0 saturated heterocycles. The van der Waals surface area contributed by atoms with Gasteiger partial charge in [-0.3, -0.25) is 4.79 Å². The van der Waals surface area contributed by atoms with E-state index >= 15 is 0 Å². The van der Waals surface area contributed by atoms with Crippen LogP contribution in [0.4, 0.5) is 0 Å². The van der Waals surface area contributed by atoms with Crippen LogP contribution in [-0.4, -0.2) is 17.9 Å². The third kappa shape index (κ3) is 1.82. The summed E-state index contributed by atoms with van der Waals surface area (Å²) in [6.07, 6.45) is 4.15. The lowest BCUT2D eigenvalue weighted by Gasteiger charge is -2.23. The summed E-state index contributed by atoms with van der Waals surface area (Å²) in [6, 6.07) is 5.71. The van der Waals surface area contributed by atoms with E-state index in [2.05, 4.69) is 0 Å². The number of aliphatic carboxylic acids is 1. The van der Waals surface area contributed by atoms with Crippen molar-refractivity contribution in [2.75, 3.05) is 6.79 Å². The van der Waals surface area contributed by atoms with E-state index in [-0.39, 0.29) is 6.79 Å². The Morgan fingerprint density at radius 2 is 1.94 bits per heavy atom. The first-order valence-electron chi connectivity index (χ1n) is 6.32. The molecule has 1 heterocycles. The second-order valence-corrected chi connectivity index (χ2v) is 5.16. The second kappa shape index (κ2) is 4.19. The first-order chi connectivity index (χ1) is 8.70. The summed E-state index contributed by atoms with van der Waals surface area (Å²) in [6.45, 7) is 0.253. The number of hydrogen-bond donors (Lipinski definition) is 1. The van der Waals surface area contributed by atoms with Crippen LogP contribution < -0.4 is 9.47 Å². The van der Waals surface area contributed by atoms with Crippen molar-refractivity contribution in [2.24, 2.45) is 5.41 Å². The standard InChI is InChI=1S/C14H16O4/c15-13(16)14(5-1-2-6-14)8-10-3-4-11-12(7-10)18-9-17-11/h3-4,7H,1-2,5-6,8-9H2,(H,15,16). The van der Waals surface area contributed by atoms with Crippen molar-refractivity contribution in [1.29, 1.82) is 0 Å². The van der Waals surface area contributed by atoms with E-state index in [0.29, 0.717) is 6.42 Å². The summed E-state index contributed by atoms with van der Waals surface area (Å²) in [7, 11) is 0. The molecule has 1 aromatic rings. The highest BCUT2D eigenvalue weighted by atomic mass is 16.7. The van der Waals surface area contributed by atoms with E-state index in [9.17, 15) is 9.90 Å². The number of benzene rings is 1. The maximum absolute atomic E-state index is 11.5. The van der Waals surface area contributed by atoms with E-state index < -0.39 is 11.4 Å². The van der Waals surface area contributed by atoms with Gasteiger partial charge in [0, 0.05) is 0 Å². The zero-order chi connectivity index (χ0) is 12.6. The molecule has 0 unspecified atom stereocenters. The lowest BCUT2D eigenvalue weighted by Crippen LogP contribution is -2.30. The number of ether oxygens (including phenoxy) is 2. The number of carbonyl (C=O) groups is 1. The molecule has 1 N–H and O–H groups in total. The van der Waals surface area contributed by atoms with E-state index in [1.54, 1.807) is 0 Å². The van der Waals surface area contributed by atoms with Gasteiger partial charge in [-0.2, -0.15) is 0 Å². The Morgan fingerprint density at radius 1 is 1.22 bits per heavy atom. The highest BCUT2D eigenvalue weighted by molar-refractivity contribution is 5.75. The average molecular weight is 248 g/mol. The monoisotopic (exact) mass is 248 g/mol. The van der Waals surface area contributed by atoms with Crippen molar-refractivity contribution in [1.82, 2.24) is 0 Å². The van der Waals surface area contributed by atoms with Crippen LogP contribution in [0, 0.1) is 5.41 Å². The van der Waals surface area contributed by atoms with E-state index in [1.165, 1.54) is 0 Å². The molecule has 0 aromatic heterocycles. The first kappa shape index (κ1) is 11.4. The molecule has 1 aliphatic carbocycles. The van der Waals surface area contributed by atoms with Crippen LogP contribution in [0.2, 0.25) is 0 Å². The summed E-state index contributed by atoms with van der Waals surface area (Å²) in [5, 5.41) is 9.46. The van der Waals surface area contributed by atoms with Crippen molar-refractivity contribution in [3.05, 3.63) is 23.8 Å². The molecule has 0 atom stereocenters. The van der Waals surface area contributed by atoms with E-state index in [0.717, 1.165) is 42.7 Å². The van der Waals surface area contributed by atoms with E-state index in [4.69, 9.17) is 9.47 Å². The molecular weight excluding hydrogens is 232 g/mol. The molecule has 1 aromatic carbocycles. The molecule has 18 heavy (non-hydrogen) atoms. The van der Waals surface area contributed by atoms with Gasteiger partial charge in [-0.15, -0.1) is 0 Å². The highest BCUT2D eigenvalue weighted by Gasteiger charge is 2.41. The largest absolute Gasteiger partial charge is 0.481 e. The molecule has 0 radical (unpaired) electrons. The number of carboxylic acids is 1. The summed E-state index contributed by atoms with van der Waals surface area (Å²) in [5.41, 5.74) is 0.441. The van der Waals surface area contributed by atoms with Crippen molar-refractivity contribution < 1.29 is 19.4 Å². The molecule has 4 heteroatoms. The maximum Gasteiger partial charge on any atom is 0.309 e. The van der Waals surface area contributed by atoms with Crippen molar-refractivity contribution >= 4 is 5.97 Å². The molecular formula is C14H16O4. The fourth-order valence-electron chi connectivity index (χ4n) is 2.96. The van der Waals surface area contributed by atoms with Crippen LogP contribution in [-0.2, 0) is 11.2 Å². The van der Waals surface area contributed by atoms with Crippen LogP contribution in [0.5, 0.6) is 11.5 Å². The fourth-order valence-corrected chi connectivity index (χ4v) is 2.96. The summed E-state index contributed by atoms with van der Waals surface area (Å²) < 4.78 is 10.6. The van der Waals surface area contributed by atoms with Crippen LogP contribution in [0.15, 0.2) is 18.2 Å². The fraction of sp³-hybridized carbons (Fsp3) is 0.500. The number of hydrogen-bond acceptors (Lipinski definition) is 3. The average Bonchev–Trinajstić information content (AvgIpc) is 2.97. The summed E-state index contributed by atoms with van der Waals surface area (Å²) in [5.74, 6) is 0.804. The van der Waals surface area contributed by atoms with Gasteiger partial charge in [-0.1, -0.05) is 18.9 Å². The predicted octanol–water partition coefficient (Wildman–Crippen LogP) is 2.60. The number of rotatable bonds is 3. The van der Waals surface area contributed by atoms with Gasteiger partial charge >= 0.3 is 5.97 Å². The quantitative estimate of drug-likeness (QED) is 0.893. The smallest absolute Gasteiger partial charge is 0.309 e. The maximum atomic E-state index is 11.5. The van der Waals surface area contributed by atoms with Crippen LogP contribution in [0.1, 0.15) is 31.2 Å². The molecule has 96 valence electrons. The van der Waals surface area contributed by atoms with Crippen LogP contribution in [0.25, 0.3) is 0 Å².